The van der Waals surface area contributed by atoms with Gasteiger partial charge in [-0.15, -0.1) is 0 Å². The first-order chi connectivity index (χ1) is 7.36. The van der Waals surface area contributed by atoms with Crippen molar-refractivity contribution in [3.8, 4) is 0 Å². The largest absolute Gasteiger partial charge is 0.384 e. The van der Waals surface area contributed by atoms with Crippen LogP contribution in [0.15, 0.2) is 18.5 Å². The molecule has 0 bridgehead atoms. The third-order valence-corrected chi connectivity index (χ3v) is 2.97. The number of nitrogens with one attached hydrogen (secondary N) is 1. The van der Waals surface area contributed by atoms with Crippen molar-refractivity contribution in [2.75, 3.05) is 25.1 Å². The molecule has 3 nitrogen and oxygen atoms in total. The Kier molecular flexibility index (Phi) is 3.80. The summed E-state index contributed by atoms with van der Waals surface area (Å²) in [5, 5.41) is 3.99. The molecule has 0 aromatic carbocycles. The molecule has 4 heteroatoms. The Hall–Kier alpha value is -0.800. The summed E-state index contributed by atoms with van der Waals surface area (Å²) in [4.78, 5) is 3.94. The van der Waals surface area contributed by atoms with E-state index in [9.17, 15) is 0 Å². The molecule has 1 fully saturated rings. The van der Waals surface area contributed by atoms with Crippen molar-refractivity contribution in [1.82, 2.24) is 4.98 Å². The van der Waals surface area contributed by atoms with Crippen molar-refractivity contribution >= 4 is 17.3 Å². The van der Waals surface area contributed by atoms with Crippen LogP contribution in [0.1, 0.15) is 12.8 Å². The van der Waals surface area contributed by atoms with Crippen LogP contribution in [0.25, 0.3) is 0 Å². The maximum atomic E-state index is 5.97. The highest BCUT2D eigenvalue weighted by atomic mass is 35.5. The second kappa shape index (κ2) is 5.33. The molecule has 0 spiro atoms. The number of nitrogens with zero attached hydrogens (tertiary/aromatic N) is 1. The van der Waals surface area contributed by atoms with Gasteiger partial charge in [-0.05, 0) is 24.8 Å². The number of pyridine rings is 1. The van der Waals surface area contributed by atoms with Crippen LogP contribution in [0.5, 0.6) is 0 Å². The lowest BCUT2D eigenvalue weighted by Gasteiger charge is -2.10. The molecule has 1 aromatic heterocycles. The van der Waals surface area contributed by atoms with E-state index >= 15 is 0 Å². The lowest BCUT2D eigenvalue weighted by atomic mass is 10.1. The molecule has 1 saturated heterocycles. The summed E-state index contributed by atoms with van der Waals surface area (Å²) in [6.07, 6.45) is 5.72. The summed E-state index contributed by atoms with van der Waals surface area (Å²) < 4.78 is 5.32. The topological polar surface area (TPSA) is 34.2 Å². The minimum atomic E-state index is 0.681. The van der Waals surface area contributed by atoms with E-state index in [-0.39, 0.29) is 0 Å². The van der Waals surface area contributed by atoms with Gasteiger partial charge in [0.1, 0.15) is 0 Å². The van der Waals surface area contributed by atoms with Crippen LogP contribution in [0, 0.1) is 5.92 Å². The number of aromatic nitrogens is 1. The number of anilines is 1. The van der Waals surface area contributed by atoms with E-state index in [1.165, 1.54) is 6.42 Å². The van der Waals surface area contributed by atoms with Crippen LogP contribution < -0.4 is 5.32 Å². The van der Waals surface area contributed by atoms with Gasteiger partial charge in [0.2, 0.25) is 0 Å². The molecule has 2 heterocycles. The third-order valence-electron chi connectivity index (χ3n) is 2.66. The molecular formula is C11H15ClN2O. The molecule has 0 radical (unpaired) electrons. The normalized spacial score (nSPS) is 20.5. The SMILES string of the molecule is Clc1cnccc1NCCC1CCOC1. The van der Waals surface area contributed by atoms with Crippen molar-refractivity contribution in [2.45, 2.75) is 12.8 Å². The molecule has 1 N–H and O–H groups in total. The Morgan fingerprint density at radius 1 is 1.60 bits per heavy atom. The van der Waals surface area contributed by atoms with Gasteiger partial charge in [-0.1, -0.05) is 11.6 Å². The number of halogens is 1. The average Bonchev–Trinajstić information content (AvgIpc) is 2.74. The molecule has 0 saturated carbocycles. The minimum absolute atomic E-state index is 0.681. The van der Waals surface area contributed by atoms with Gasteiger partial charge >= 0.3 is 0 Å². The molecule has 1 unspecified atom stereocenters. The molecule has 0 aliphatic carbocycles. The third kappa shape index (κ3) is 3.08. The molecule has 1 aliphatic rings. The van der Waals surface area contributed by atoms with E-state index in [1.54, 1.807) is 12.4 Å². The van der Waals surface area contributed by atoms with Crippen molar-refractivity contribution in [3.63, 3.8) is 0 Å². The number of rotatable bonds is 4. The fourth-order valence-electron chi connectivity index (χ4n) is 1.74. The predicted octanol–water partition coefficient (Wildman–Crippen LogP) is 2.57. The van der Waals surface area contributed by atoms with E-state index in [1.807, 2.05) is 6.07 Å². The molecule has 2 rings (SSSR count). The van der Waals surface area contributed by atoms with E-state index in [2.05, 4.69) is 10.3 Å². The first-order valence-electron chi connectivity index (χ1n) is 5.27. The van der Waals surface area contributed by atoms with Crippen LogP contribution in [0.2, 0.25) is 5.02 Å². The second-order valence-electron chi connectivity index (χ2n) is 3.80. The highest BCUT2D eigenvalue weighted by Gasteiger charge is 2.14. The fraction of sp³-hybridized carbons (Fsp3) is 0.545. The van der Waals surface area contributed by atoms with Gasteiger partial charge < -0.3 is 10.1 Å². The zero-order chi connectivity index (χ0) is 10.5. The van der Waals surface area contributed by atoms with Crippen LogP contribution >= 0.6 is 11.6 Å². The monoisotopic (exact) mass is 226 g/mol. The standard InChI is InChI=1S/C11H15ClN2O/c12-10-7-13-4-2-11(10)14-5-1-9-3-6-15-8-9/h2,4,7,9H,1,3,5-6,8H2,(H,13,14). The van der Waals surface area contributed by atoms with Crippen molar-refractivity contribution in [2.24, 2.45) is 5.92 Å². The molecule has 1 atom stereocenters. The van der Waals surface area contributed by atoms with Gasteiger partial charge in [0.05, 0.1) is 10.7 Å². The van der Waals surface area contributed by atoms with Crippen LogP contribution in [-0.4, -0.2) is 24.7 Å². The maximum Gasteiger partial charge on any atom is 0.0820 e. The minimum Gasteiger partial charge on any atom is -0.384 e. The highest BCUT2D eigenvalue weighted by Crippen LogP contribution is 2.20. The van der Waals surface area contributed by atoms with Crippen LogP contribution in [-0.2, 0) is 4.74 Å². The van der Waals surface area contributed by atoms with Gasteiger partial charge in [0.25, 0.3) is 0 Å². The lowest BCUT2D eigenvalue weighted by Crippen LogP contribution is -2.09. The quantitative estimate of drug-likeness (QED) is 0.857. The molecule has 15 heavy (non-hydrogen) atoms. The van der Waals surface area contributed by atoms with Gasteiger partial charge in [0.15, 0.2) is 0 Å². The Balaban J connectivity index is 1.75. The van der Waals surface area contributed by atoms with Crippen molar-refractivity contribution < 1.29 is 4.74 Å². The number of hydrogen-bond donors (Lipinski definition) is 1. The summed E-state index contributed by atoms with van der Waals surface area (Å²) >= 11 is 5.97. The Morgan fingerprint density at radius 3 is 3.27 bits per heavy atom. The molecule has 82 valence electrons. The summed E-state index contributed by atoms with van der Waals surface area (Å²) in [6, 6.07) is 1.90. The summed E-state index contributed by atoms with van der Waals surface area (Å²) in [5.74, 6) is 0.707. The average molecular weight is 227 g/mol. The zero-order valence-electron chi connectivity index (χ0n) is 8.58. The molecule has 0 amide bonds. The second-order valence-corrected chi connectivity index (χ2v) is 4.21. The summed E-state index contributed by atoms with van der Waals surface area (Å²) in [5.41, 5.74) is 0.964. The maximum absolute atomic E-state index is 5.97. The van der Waals surface area contributed by atoms with E-state index in [4.69, 9.17) is 16.3 Å². The van der Waals surface area contributed by atoms with Gasteiger partial charge in [0, 0.05) is 32.2 Å². The Bertz CT molecular complexity index is 313. The van der Waals surface area contributed by atoms with Crippen molar-refractivity contribution in [3.05, 3.63) is 23.5 Å². The van der Waals surface area contributed by atoms with E-state index in [0.717, 1.165) is 31.9 Å². The molecule has 1 aliphatic heterocycles. The summed E-state index contributed by atoms with van der Waals surface area (Å²) in [6.45, 7) is 2.77. The van der Waals surface area contributed by atoms with E-state index in [0.29, 0.717) is 10.9 Å². The molecular weight excluding hydrogens is 212 g/mol. The summed E-state index contributed by atoms with van der Waals surface area (Å²) in [7, 11) is 0. The first kappa shape index (κ1) is 10.7. The predicted molar refractivity (Wildman–Crippen MR) is 61.3 cm³/mol. The van der Waals surface area contributed by atoms with Gasteiger partial charge in [-0.3, -0.25) is 4.98 Å². The Morgan fingerprint density at radius 2 is 2.53 bits per heavy atom. The van der Waals surface area contributed by atoms with Crippen molar-refractivity contribution in [1.29, 1.82) is 0 Å². The highest BCUT2D eigenvalue weighted by molar-refractivity contribution is 6.33. The smallest absolute Gasteiger partial charge is 0.0820 e. The van der Waals surface area contributed by atoms with Crippen LogP contribution in [0.4, 0.5) is 5.69 Å². The number of hydrogen-bond acceptors (Lipinski definition) is 3. The van der Waals surface area contributed by atoms with E-state index < -0.39 is 0 Å². The Labute approximate surface area is 94.8 Å². The van der Waals surface area contributed by atoms with Gasteiger partial charge in [-0.2, -0.15) is 0 Å². The zero-order valence-corrected chi connectivity index (χ0v) is 9.33. The van der Waals surface area contributed by atoms with Gasteiger partial charge in [-0.25, -0.2) is 0 Å². The fourth-order valence-corrected chi connectivity index (χ4v) is 1.93. The number of ether oxygens (including phenoxy) is 1. The lowest BCUT2D eigenvalue weighted by molar-refractivity contribution is 0.185. The van der Waals surface area contributed by atoms with Crippen LogP contribution in [0.3, 0.4) is 0 Å². The molecule has 1 aromatic rings. The first-order valence-corrected chi connectivity index (χ1v) is 5.65.